The number of hydrogen-bond donors (Lipinski definition) is 2. The molecule has 1 fully saturated rings. The summed E-state index contributed by atoms with van der Waals surface area (Å²) >= 11 is 2.05. The minimum Gasteiger partial charge on any atom is -0.474 e. The molecule has 2 N–H and O–H groups in total. The van der Waals surface area contributed by atoms with Crippen molar-refractivity contribution in [3.05, 3.63) is 39.5 Å². The highest BCUT2D eigenvalue weighted by Gasteiger charge is 2.24. The highest BCUT2D eigenvalue weighted by atomic mass is 127. The number of ether oxygens (including phenoxy) is 1. The third kappa shape index (κ3) is 4.32. The van der Waals surface area contributed by atoms with Gasteiger partial charge in [-0.2, -0.15) is 0 Å². The number of carboxylic acid groups (broad SMARTS) is 1. The first-order valence-corrected chi connectivity index (χ1v) is 9.20. The molecular weight excluding hydrogens is 454 g/mol. The van der Waals surface area contributed by atoms with Gasteiger partial charge in [0.25, 0.3) is 0 Å². The van der Waals surface area contributed by atoms with Crippen molar-refractivity contribution in [1.82, 2.24) is 14.9 Å². The van der Waals surface area contributed by atoms with Crippen LogP contribution in [0, 0.1) is 16.3 Å². The summed E-state index contributed by atoms with van der Waals surface area (Å²) in [7, 11) is 0. The maximum atomic E-state index is 14.0. The number of rotatable bonds is 4. The van der Waals surface area contributed by atoms with Gasteiger partial charge in [-0.3, -0.25) is 0 Å². The molecule has 2 aromatic rings. The van der Waals surface area contributed by atoms with Gasteiger partial charge in [-0.15, -0.1) is 0 Å². The second kappa shape index (κ2) is 8.02. The molecule has 1 aliphatic heterocycles. The van der Waals surface area contributed by atoms with Gasteiger partial charge in [0.2, 0.25) is 5.88 Å². The molecule has 2 heterocycles. The number of amides is 1. The van der Waals surface area contributed by atoms with Crippen molar-refractivity contribution < 1.29 is 19.0 Å². The number of nitrogens with zero attached hydrogens (tertiary/aromatic N) is 3. The Morgan fingerprint density at radius 3 is 2.77 bits per heavy atom. The molecule has 138 valence electrons. The van der Waals surface area contributed by atoms with E-state index in [-0.39, 0.29) is 11.9 Å². The predicted molar refractivity (Wildman–Crippen MR) is 102 cm³/mol. The van der Waals surface area contributed by atoms with Gasteiger partial charge in [0, 0.05) is 29.5 Å². The lowest BCUT2D eigenvalue weighted by Gasteiger charge is -2.30. The van der Waals surface area contributed by atoms with Crippen LogP contribution in [0.4, 0.5) is 20.7 Å². The second-order valence-electron chi connectivity index (χ2n) is 5.99. The number of anilines is 2. The molecule has 1 saturated heterocycles. The molecule has 1 amide bonds. The van der Waals surface area contributed by atoms with Gasteiger partial charge in [-0.1, -0.05) is 0 Å². The fourth-order valence-electron chi connectivity index (χ4n) is 2.72. The summed E-state index contributed by atoms with van der Waals surface area (Å²) in [5.41, 5.74) is 0.999. The number of aromatic nitrogens is 2. The van der Waals surface area contributed by atoms with E-state index in [1.165, 1.54) is 17.3 Å². The van der Waals surface area contributed by atoms with E-state index in [2.05, 4.69) is 15.3 Å². The maximum Gasteiger partial charge on any atom is 0.407 e. The third-order valence-electron chi connectivity index (χ3n) is 4.21. The molecule has 0 atom stereocenters. The first-order chi connectivity index (χ1) is 12.4. The van der Waals surface area contributed by atoms with Crippen LogP contribution in [0.5, 0.6) is 5.88 Å². The Morgan fingerprint density at radius 1 is 1.38 bits per heavy atom. The minimum atomic E-state index is -0.910. The first-order valence-electron chi connectivity index (χ1n) is 8.12. The van der Waals surface area contributed by atoms with Crippen molar-refractivity contribution in [3.63, 3.8) is 0 Å². The van der Waals surface area contributed by atoms with Crippen LogP contribution in [0.3, 0.4) is 0 Å². The zero-order valence-corrected chi connectivity index (χ0v) is 16.2. The quantitative estimate of drug-likeness (QED) is 0.659. The Bertz CT molecular complexity index is 813. The lowest BCUT2D eigenvalue weighted by Crippen LogP contribution is -2.41. The van der Waals surface area contributed by atoms with Crippen LogP contribution >= 0.6 is 22.6 Å². The summed E-state index contributed by atoms with van der Waals surface area (Å²) in [4.78, 5) is 20.7. The van der Waals surface area contributed by atoms with E-state index in [1.807, 2.05) is 22.6 Å². The topological polar surface area (TPSA) is 87.6 Å². The number of halogens is 2. The molecule has 0 saturated carbocycles. The molecule has 7 nitrogen and oxygen atoms in total. The molecule has 26 heavy (non-hydrogen) atoms. The largest absolute Gasteiger partial charge is 0.474 e. The van der Waals surface area contributed by atoms with Gasteiger partial charge in [0.05, 0.1) is 11.3 Å². The van der Waals surface area contributed by atoms with E-state index in [1.54, 1.807) is 19.1 Å². The SMILES string of the molecule is Cc1c(Nc2ccc(I)cc2F)ncnc1OC1CCN(C(=O)O)CC1. The van der Waals surface area contributed by atoms with E-state index >= 15 is 0 Å². The summed E-state index contributed by atoms with van der Waals surface area (Å²) in [6.45, 7) is 2.67. The Morgan fingerprint density at radius 2 is 2.12 bits per heavy atom. The lowest BCUT2D eigenvalue weighted by atomic mass is 10.1. The van der Waals surface area contributed by atoms with Gasteiger partial charge < -0.3 is 20.1 Å². The number of carbonyl (C=O) groups is 1. The van der Waals surface area contributed by atoms with E-state index in [9.17, 15) is 9.18 Å². The van der Waals surface area contributed by atoms with Gasteiger partial charge in [-0.05, 0) is 47.7 Å². The van der Waals surface area contributed by atoms with Crippen LogP contribution in [0.2, 0.25) is 0 Å². The van der Waals surface area contributed by atoms with Crippen molar-refractivity contribution >= 4 is 40.2 Å². The summed E-state index contributed by atoms with van der Waals surface area (Å²) in [6.07, 6.45) is 1.55. The number of likely N-dealkylation sites (tertiary alicyclic amines) is 1. The monoisotopic (exact) mass is 472 g/mol. The molecule has 1 aliphatic rings. The van der Waals surface area contributed by atoms with E-state index < -0.39 is 6.09 Å². The summed E-state index contributed by atoms with van der Waals surface area (Å²) in [5.74, 6) is 0.527. The smallest absolute Gasteiger partial charge is 0.407 e. The second-order valence-corrected chi connectivity index (χ2v) is 7.23. The Balaban J connectivity index is 1.70. The Labute approximate surface area is 163 Å². The maximum absolute atomic E-state index is 14.0. The summed E-state index contributed by atoms with van der Waals surface area (Å²) in [6, 6.07) is 4.89. The molecule has 0 aliphatic carbocycles. The molecule has 1 aromatic heterocycles. The molecule has 0 bridgehead atoms. The van der Waals surface area contributed by atoms with Crippen LogP contribution in [-0.2, 0) is 0 Å². The minimum absolute atomic E-state index is 0.109. The molecule has 0 unspecified atom stereocenters. The van der Waals surface area contributed by atoms with E-state index in [0.717, 1.165) is 3.57 Å². The zero-order chi connectivity index (χ0) is 18.7. The number of nitrogens with one attached hydrogen (secondary N) is 1. The number of hydrogen-bond acceptors (Lipinski definition) is 5. The normalized spacial score (nSPS) is 15.0. The highest BCUT2D eigenvalue weighted by Crippen LogP contribution is 2.28. The molecule has 0 spiro atoms. The summed E-state index contributed by atoms with van der Waals surface area (Å²) < 4.78 is 20.8. The Kier molecular flexibility index (Phi) is 5.74. The van der Waals surface area contributed by atoms with Crippen LogP contribution in [0.25, 0.3) is 0 Å². The van der Waals surface area contributed by atoms with E-state index in [4.69, 9.17) is 9.84 Å². The third-order valence-corrected chi connectivity index (χ3v) is 4.88. The molecule has 3 rings (SSSR count). The van der Waals surface area contributed by atoms with Crippen molar-refractivity contribution in [1.29, 1.82) is 0 Å². The molecule has 0 radical (unpaired) electrons. The summed E-state index contributed by atoms with van der Waals surface area (Å²) in [5, 5.41) is 12.0. The lowest BCUT2D eigenvalue weighted by molar-refractivity contribution is 0.0866. The zero-order valence-electron chi connectivity index (χ0n) is 14.1. The fourth-order valence-corrected chi connectivity index (χ4v) is 3.17. The molecule has 1 aromatic carbocycles. The number of benzene rings is 1. The van der Waals surface area contributed by atoms with Crippen LogP contribution in [0.1, 0.15) is 18.4 Å². The van der Waals surface area contributed by atoms with Crippen LogP contribution in [0.15, 0.2) is 24.5 Å². The predicted octanol–water partition coefficient (Wildman–Crippen LogP) is 3.79. The Hall–Kier alpha value is -2.17. The van der Waals surface area contributed by atoms with Crippen molar-refractivity contribution in [2.75, 3.05) is 18.4 Å². The average molecular weight is 472 g/mol. The molecule has 9 heteroatoms. The highest BCUT2D eigenvalue weighted by molar-refractivity contribution is 14.1. The van der Waals surface area contributed by atoms with E-state index in [0.29, 0.717) is 48.9 Å². The fraction of sp³-hybridized carbons (Fsp3) is 0.353. The van der Waals surface area contributed by atoms with Gasteiger partial charge in [-0.25, -0.2) is 19.2 Å². The van der Waals surface area contributed by atoms with Crippen molar-refractivity contribution in [2.24, 2.45) is 0 Å². The first kappa shape index (κ1) is 18.6. The standard InChI is InChI=1S/C17H18FIN4O3/c1-10-15(22-14-3-2-11(19)8-13(14)18)20-9-21-16(10)26-12-4-6-23(7-5-12)17(24)25/h2-3,8-9,12H,4-7H2,1H3,(H,24,25)(H,20,21,22). The van der Waals surface area contributed by atoms with Crippen molar-refractivity contribution in [3.8, 4) is 5.88 Å². The van der Waals surface area contributed by atoms with Crippen LogP contribution in [-0.4, -0.2) is 45.3 Å². The van der Waals surface area contributed by atoms with Crippen LogP contribution < -0.4 is 10.1 Å². The van der Waals surface area contributed by atoms with Gasteiger partial charge in [0.1, 0.15) is 24.1 Å². The van der Waals surface area contributed by atoms with Gasteiger partial charge >= 0.3 is 6.09 Å². The average Bonchev–Trinajstić information content (AvgIpc) is 2.61. The van der Waals surface area contributed by atoms with Crippen molar-refractivity contribution in [2.45, 2.75) is 25.9 Å². The number of piperidine rings is 1. The van der Waals surface area contributed by atoms with Gasteiger partial charge in [0.15, 0.2) is 0 Å². The molecular formula is C17H18FIN4O3.